The fourth-order valence-corrected chi connectivity index (χ4v) is 6.40. The van der Waals surface area contributed by atoms with Gasteiger partial charge in [0.05, 0.1) is 0 Å². The maximum Gasteiger partial charge on any atom is 0.115 e. The molecule has 0 spiro atoms. The van der Waals surface area contributed by atoms with Gasteiger partial charge in [-0.2, -0.15) is 9.93 Å². The zero-order valence-corrected chi connectivity index (χ0v) is 12.6. The summed E-state index contributed by atoms with van der Waals surface area (Å²) in [7, 11) is 2.05. The molecular weight excluding hydrogens is 248 g/mol. The molecule has 1 aromatic rings. The molecule has 0 aromatic heterocycles. The Kier molecular flexibility index (Phi) is 7.62. The van der Waals surface area contributed by atoms with Gasteiger partial charge in [-0.15, -0.1) is 10.8 Å². The van der Waals surface area contributed by atoms with Gasteiger partial charge in [-0.05, 0) is 47.8 Å². The van der Waals surface area contributed by atoms with Crippen LogP contribution < -0.4 is 0 Å². The van der Waals surface area contributed by atoms with E-state index in [0.29, 0.717) is 5.75 Å². The maximum absolute atomic E-state index is 9.33. The van der Waals surface area contributed by atoms with Gasteiger partial charge in [-0.25, -0.2) is 0 Å². The second kappa shape index (κ2) is 8.76. The van der Waals surface area contributed by atoms with Crippen LogP contribution in [0.1, 0.15) is 39.5 Å². The molecule has 1 nitrogen and oxygen atoms in total. The summed E-state index contributed by atoms with van der Waals surface area (Å²) in [6, 6.07) is 7.82. The van der Waals surface area contributed by atoms with Crippen molar-refractivity contribution in [1.82, 2.24) is 0 Å². The Morgan fingerprint density at radius 1 is 1.06 bits per heavy atom. The quantitative estimate of drug-likeness (QED) is 0.394. The van der Waals surface area contributed by atoms with Crippen LogP contribution in [0.2, 0.25) is 0 Å². The van der Waals surface area contributed by atoms with Gasteiger partial charge in [0, 0.05) is 5.75 Å². The van der Waals surface area contributed by atoms with Gasteiger partial charge >= 0.3 is 0 Å². The first-order chi connectivity index (χ1) is 8.27. The number of phenolic OH excluding ortho intramolecular Hbond substituents is 1. The standard InChI is InChI=1S/C14H24OS2/c1-3-5-11-16-17(12-6-4-2)14-9-7-13(15)8-10-14/h7-10,15,17H,3-6,11-12H2,1-2H3. The van der Waals surface area contributed by atoms with E-state index in [-0.39, 0.29) is 9.93 Å². The number of hydrogen-bond donors (Lipinski definition) is 2. The molecule has 1 atom stereocenters. The largest absolute Gasteiger partial charge is 0.508 e. The summed E-state index contributed by atoms with van der Waals surface area (Å²) < 4.78 is 0. The summed E-state index contributed by atoms with van der Waals surface area (Å²) in [5.74, 6) is 2.95. The van der Waals surface area contributed by atoms with Crippen LogP contribution in [0.4, 0.5) is 0 Å². The van der Waals surface area contributed by atoms with Crippen LogP contribution in [0.3, 0.4) is 0 Å². The normalized spacial score (nSPS) is 13.6. The first kappa shape index (κ1) is 14.8. The minimum atomic E-state index is -0.0801. The highest BCUT2D eigenvalue weighted by Crippen LogP contribution is 2.49. The topological polar surface area (TPSA) is 20.2 Å². The van der Waals surface area contributed by atoms with Crippen molar-refractivity contribution in [2.45, 2.75) is 44.4 Å². The van der Waals surface area contributed by atoms with Gasteiger partial charge in [0.25, 0.3) is 0 Å². The van der Waals surface area contributed by atoms with Crippen molar-refractivity contribution in [3.05, 3.63) is 24.3 Å². The van der Waals surface area contributed by atoms with Gasteiger partial charge in [0.1, 0.15) is 5.75 Å². The van der Waals surface area contributed by atoms with Crippen LogP contribution in [0, 0.1) is 0 Å². The Morgan fingerprint density at radius 3 is 2.29 bits per heavy atom. The lowest BCUT2D eigenvalue weighted by atomic mass is 10.3. The predicted octanol–water partition coefficient (Wildman–Crippen LogP) is 5.00. The van der Waals surface area contributed by atoms with E-state index in [1.54, 1.807) is 0 Å². The van der Waals surface area contributed by atoms with Crippen molar-refractivity contribution in [1.29, 1.82) is 0 Å². The van der Waals surface area contributed by atoms with Gasteiger partial charge in [-0.1, -0.05) is 26.7 Å². The van der Waals surface area contributed by atoms with E-state index in [4.69, 9.17) is 0 Å². The van der Waals surface area contributed by atoms with Gasteiger partial charge in [0.15, 0.2) is 0 Å². The van der Waals surface area contributed by atoms with Gasteiger partial charge in [0.2, 0.25) is 0 Å². The molecule has 0 fully saturated rings. The van der Waals surface area contributed by atoms with Crippen LogP contribution >= 0.6 is 20.7 Å². The molecule has 3 heteroatoms. The molecule has 0 aliphatic carbocycles. The zero-order chi connectivity index (χ0) is 12.5. The highest BCUT2D eigenvalue weighted by atomic mass is 33.1. The third-order valence-corrected chi connectivity index (χ3v) is 7.64. The first-order valence-electron chi connectivity index (χ1n) is 6.47. The van der Waals surface area contributed by atoms with Crippen molar-refractivity contribution in [3.8, 4) is 5.75 Å². The van der Waals surface area contributed by atoms with Crippen LogP contribution in [0.5, 0.6) is 5.75 Å². The van der Waals surface area contributed by atoms with Crippen molar-refractivity contribution in [2.24, 2.45) is 0 Å². The molecule has 0 saturated carbocycles. The molecule has 1 aromatic carbocycles. The lowest BCUT2D eigenvalue weighted by Crippen LogP contribution is -1.89. The first-order valence-corrected chi connectivity index (χ1v) is 9.59. The Labute approximate surface area is 112 Å². The number of thiol groups is 1. The fraction of sp³-hybridized carbons (Fsp3) is 0.571. The van der Waals surface area contributed by atoms with Crippen LogP contribution in [0.15, 0.2) is 29.2 Å². The van der Waals surface area contributed by atoms with Crippen molar-refractivity contribution < 1.29 is 5.11 Å². The molecule has 0 bridgehead atoms. The Bertz CT molecular complexity index is 298. The lowest BCUT2D eigenvalue weighted by Gasteiger charge is -2.21. The number of unbranched alkanes of at least 4 members (excludes halogenated alkanes) is 2. The number of rotatable bonds is 8. The number of hydrogen-bond acceptors (Lipinski definition) is 2. The van der Waals surface area contributed by atoms with E-state index in [9.17, 15) is 5.11 Å². The van der Waals surface area contributed by atoms with Crippen molar-refractivity contribution in [2.75, 3.05) is 11.5 Å². The summed E-state index contributed by atoms with van der Waals surface area (Å²) in [6.45, 7) is 4.50. The number of aromatic hydroxyl groups is 1. The molecule has 0 saturated heterocycles. The summed E-state index contributed by atoms with van der Waals surface area (Å²) in [5, 5.41) is 9.33. The molecule has 1 N–H and O–H groups in total. The molecule has 0 amide bonds. The maximum atomic E-state index is 9.33. The molecule has 98 valence electrons. The van der Waals surface area contributed by atoms with Crippen LogP contribution in [0.25, 0.3) is 0 Å². The third kappa shape index (κ3) is 5.73. The molecule has 17 heavy (non-hydrogen) atoms. The van der Waals surface area contributed by atoms with E-state index in [2.05, 4.69) is 36.8 Å². The fourth-order valence-electron chi connectivity index (χ4n) is 1.51. The van der Waals surface area contributed by atoms with Crippen molar-refractivity contribution in [3.63, 3.8) is 0 Å². The van der Waals surface area contributed by atoms with Crippen LogP contribution in [-0.4, -0.2) is 16.6 Å². The van der Waals surface area contributed by atoms with Crippen LogP contribution in [-0.2, 0) is 0 Å². The Hall–Kier alpha value is -0.280. The zero-order valence-electron chi connectivity index (χ0n) is 10.9. The highest BCUT2D eigenvalue weighted by Gasteiger charge is 2.07. The van der Waals surface area contributed by atoms with E-state index in [1.807, 2.05) is 12.1 Å². The average molecular weight is 272 g/mol. The average Bonchev–Trinajstić information content (AvgIpc) is 2.35. The monoisotopic (exact) mass is 272 g/mol. The Morgan fingerprint density at radius 2 is 1.71 bits per heavy atom. The summed E-state index contributed by atoms with van der Waals surface area (Å²) in [4.78, 5) is 1.42. The third-order valence-electron chi connectivity index (χ3n) is 2.60. The number of phenols is 1. The van der Waals surface area contributed by atoms with E-state index in [0.717, 1.165) is 0 Å². The van der Waals surface area contributed by atoms with E-state index >= 15 is 0 Å². The SMILES string of the molecule is CCCCS[SH](CCCC)c1ccc(O)cc1. The molecule has 1 unspecified atom stereocenters. The number of benzene rings is 1. The smallest absolute Gasteiger partial charge is 0.115 e. The second-order valence-electron chi connectivity index (χ2n) is 4.16. The summed E-state index contributed by atoms with van der Waals surface area (Å²) in [6.07, 6.45) is 5.17. The molecule has 0 aliphatic rings. The van der Waals surface area contributed by atoms with E-state index < -0.39 is 0 Å². The second-order valence-corrected chi connectivity index (χ2v) is 8.64. The van der Waals surface area contributed by atoms with Gasteiger partial charge < -0.3 is 5.11 Å². The lowest BCUT2D eigenvalue weighted by molar-refractivity contribution is 0.475. The molecule has 1 rings (SSSR count). The highest BCUT2D eigenvalue weighted by molar-refractivity contribution is 8.85. The molecule has 0 aliphatic heterocycles. The predicted molar refractivity (Wildman–Crippen MR) is 82.5 cm³/mol. The van der Waals surface area contributed by atoms with Gasteiger partial charge in [-0.3, -0.25) is 0 Å². The summed E-state index contributed by atoms with van der Waals surface area (Å²) >= 11 is 0. The summed E-state index contributed by atoms with van der Waals surface area (Å²) in [5.41, 5.74) is 0. The molecule has 0 heterocycles. The van der Waals surface area contributed by atoms with E-state index in [1.165, 1.54) is 42.1 Å². The molecule has 0 radical (unpaired) electrons. The minimum Gasteiger partial charge on any atom is -0.508 e. The minimum absolute atomic E-state index is 0.0801. The molecular formula is C14H24OS2. The Balaban J connectivity index is 2.57. The van der Waals surface area contributed by atoms with Crippen molar-refractivity contribution >= 4 is 20.7 Å².